The first-order valence-electron chi connectivity index (χ1n) is 6.11. The standard InChI is InChI=1S/C12H17N5O2/c1-8(12-15-9(2)16-19-12)14-11(18)5-4-10-6-13-17(3)7-10/h6-8H,4-5H2,1-3H3,(H,14,18)/t8-/m1/s1. The highest BCUT2D eigenvalue weighted by atomic mass is 16.5. The van der Waals surface area contributed by atoms with Gasteiger partial charge in [-0.05, 0) is 25.8 Å². The molecule has 0 fully saturated rings. The largest absolute Gasteiger partial charge is 0.345 e. The fourth-order valence-electron chi connectivity index (χ4n) is 1.72. The summed E-state index contributed by atoms with van der Waals surface area (Å²) in [6.07, 6.45) is 4.73. The van der Waals surface area contributed by atoms with E-state index in [-0.39, 0.29) is 11.9 Å². The minimum atomic E-state index is -0.275. The lowest BCUT2D eigenvalue weighted by Crippen LogP contribution is -2.27. The maximum absolute atomic E-state index is 11.8. The molecular formula is C12H17N5O2. The first-order chi connectivity index (χ1) is 9.04. The minimum Gasteiger partial charge on any atom is -0.345 e. The summed E-state index contributed by atoms with van der Waals surface area (Å²) in [5.74, 6) is 0.936. The number of carbonyl (C=O) groups excluding carboxylic acids is 1. The van der Waals surface area contributed by atoms with Gasteiger partial charge in [0.15, 0.2) is 5.82 Å². The smallest absolute Gasteiger partial charge is 0.248 e. The average molecular weight is 263 g/mol. The Bertz CT molecular complexity index is 560. The highest BCUT2D eigenvalue weighted by Crippen LogP contribution is 2.09. The first kappa shape index (κ1) is 13.3. The van der Waals surface area contributed by atoms with Gasteiger partial charge < -0.3 is 9.84 Å². The molecule has 0 bridgehead atoms. The Kier molecular flexibility index (Phi) is 3.94. The highest BCUT2D eigenvalue weighted by Gasteiger charge is 2.15. The normalized spacial score (nSPS) is 12.4. The van der Waals surface area contributed by atoms with Crippen LogP contribution in [0.4, 0.5) is 0 Å². The molecule has 2 heterocycles. The van der Waals surface area contributed by atoms with Crippen LogP contribution in [0, 0.1) is 6.92 Å². The van der Waals surface area contributed by atoms with Gasteiger partial charge in [-0.1, -0.05) is 5.16 Å². The molecule has 0 unspecified atom stereocenters. The zero-order chi connectivity index (χ0) is 13.8. The molecule has 0 aromatic carbocycles. The Morgan fingerprint density at radius 2 is 2.37 bits per heavy atom. The average Bonchev–Trinajstić information content (AvgIpc) is 2.95. The van der Waals surface area contributed by atoms with E-state index in [1.54, 1.807) is 17.8 Å². The molecule has 2 aromatic heterocycles. The van der Waals surface area contributed by atoms with E-state index in [0.717, 1.165) is 5.56 Å². The second kappa shape index (κ2) is 5.64. The third-order valence-electron chi connectivity index (χ3n) is 2.69. The number of carbonyl (C=O) groups is 1. The predicted molar refractivity (Wildman–Crippen MR) is 67.1 cm³/mol. The van der Waals surface area contributed by atoms with E-state index < -0.39 is 0 Å². The maximum atomic E-state index is 11.8. The van der Waals surface area contributed by atoms with Crippen LogP contribution in [0.1, 0.15) is 36.7 Å². The molecule has 0 saturated carbocycles. The Morgan fingerprint density at radius 3 is 2.95 bits per heavy atom. The van der Waals surface area contributed by atoms with Crippen molar-refractivity contribution in [2.45, 2.75) is 32.7 Å². The molecule has 0 radical (unpaired) electrons. The van der Waals surface area contributed by atoms with Gasteiger partial charge >= 0.3 is 0 Å². The molecule has 1 N–H and O–H groups in total. The van der Waals surface area contributed by atoms with Gasteiger partial charge in [0.1, 0.15) is 6.04 Å². The number of amides is 1. The second-order valence-electron chi connectivity index (χ2n) is 4.49. The van der Waals surface area contributed by atoms with Gasteiger partial charge in [-0.25, -0.2) is 0 Å². The summed E-state index contributed by atoms with van der Waals surface area (Å²) in [5.41, 5.74) is 1.04. The van der Waals surface area contributed by atoms with Crippen molar-refractivity contribution in [1.82, 2.24) is 25.2 Å². The van der Waals surface area contributed by atoms with Gasteiger partial charge in [-0.2, -0.15) is 10.1 Å². The van der Waals surface area contributed by atoms with Gasteiger partial charge in [0, 0.05) is 19.7 Å². The van der Waals surface area contributed by atoms with Crippen molar-refractivity contribution in [2.75, 3.05) is 0 Å². The topological polar surface area (TPSA) is 85.8 Å². The van der Waals surface area contributed by atoms with Crippen LogP contribution in [0.15, 0.2) is 16.9 Å². The molecule has 0 saturated heterocycles. The van der Waals surface area contributed by atoms with Crippen molar-refractivity contribution in [3.05, 3.63) is 29.7 Å². The van der Waals surface area contributed by atoms with Crippen LogP contribution in [0.3, 0.4) is 0 Å². The zero-order valence-corrected chi connectivity index (χ0v) is 11.3. The van der Waals surface area contributed by atoms with Crippen molar-refractivity contribution >= 4 is 5.91 Å². The van der Waals surface area contributed by atoms with Crippen LogP contribution in [0.2, 0.25) is 0 Å². The third-order valence-corrected chi connectivity index (χ3v) is 2.69. The molecule has 19 heavy (non-hydrogen) atoms. The SMILES string of the molecule is Cc1noc([C@@H](C)NC(=O)CCc2cnn(C)c2)n1. The summed E-state index contributed by atoms with van der Waals surface area (Å²) in [6, 6.07) is -0.275. The molecule has 0 aliphatic carbocycles. The van der Waals surface area contributed by atoms with Gasteiger partial charge in [-0.3, -0.25) is 9.48 Å². The number of hydrogen-bond acceptors (Lipinski definition) is 5. The van der Waals surface area contributed by atoms with Crippen LogP contribution in [0.5, 0.6) is 0 Å². The molecule has 2 rings (SSSR count). The van der Waals surface area contributed by atoms with Gasteiger partial charge in [0.25, 0.3) is 0 Å². The summed E-state index contributed by atoms with van der Waals surface area (Å²) in [4.78, 5) is 15.9. The number of aromatic nitrogens is 4. The molecule has 2 aromatic rings. The summed E-state index contributed by atoms with van der Waals surface area (Å²) in [5, 5.41) is 10.6. The fraction of sp³-hybridized carbons (Fsp3) is 0.500. The molecular weight excluding hydrogens is 246 g/mol. The Hall–Kier alpha value is -2.18. The predicted octanol–water partition coefficient (Wildman–Crippen LogP) is 0.922. The third kappa shape index (κ3) is 3.64. The monoisotopic (exact) mass is 263 g/mol. The van der Waals surface area contributed by atoms with Crippen LogP contribution in [-0.4, -0.2) is 25.8 Å². The summed E-state index contributed by atoms with van der Waals surface area (Å²) >= 11 is 0. The van der Waals surface area contributed by atoms with Crippen LogP contribution in [-0.2, 0) is 18.3 Å². The van der Waals surface area contributed by atoms with Crippen LogP contribution < -0.4 is 5.32 Å². The van der Waals surface area contributed by atoms with E-state index in [0.29, 0.717) is 24.6 Å². The quantitative estimate of drug-likeness (QED) is 0.867. The number of nitrogens with zero attached hydrogens (tertiary/aromatic N) is 4. The number of aryl methyl sites for hydroxylation is 3. The summed E-state index contributed by atoms with van der Waals surface area (Å²) in [7, 11) is 1.85. The first-order valence-corrected chi connectivity index (χ1v) is 6.11. The minimum absolute atomic E-state index is 0.0489. The molecule has 1 atom stereocenters. The van der Waals surface area contributed by atoms with Crippen molar-refractivity contribution < 1.29 is 9.32 Å². The summed E-state index contributed by atoms with van der Waals surface area (Å²) < 4.78 is 6.72. The molecule has 102 valence electrons. The molecule has 7 heteroatoms. The Labute approximate surface area is 111 Å². The van der Waals surface area contributed by atoms with E-state index in [4.69, 9.17) is 4.52 Å². The van der Waals surface area contributed by atoms with Crippen LogP contribution in [0.25, 0.3) is 0 Å². The van der Waals surface area contributed by atoms with Crippen molar-refractivity contribution in [2.24, 2.45) is 7.05 Å². The van der Waals surface area contributed by atoms with Gasteiger partial charge in [-0.15, -0.1) is 0 Å². The molecule has 7 nitrogen and oxygen atoms in total. The molecule has 0 aliphatic rings. The summed E-state index contributed by atoms with van der Waals surface area (Å²) in [6.45, 7) is 3.55. The van der Waals surface area contributed by atoms with Gasteiger partial charge in [0.05, 0.1) is 6.20 Å². The van der Waals surface area contributed by atoms with Crippen molar-refractivity contribution in [1.29, 1.82) is 0 Å². The second-order valence-corrected chi connectivity index (χ2v) is 4.49. The lowest BCUT2D eigenvalue weighted by Gasteiger charge is -2.08. The van der Waals surface area contributed by atoms with Crippen molar-refractivity contribution in [3.8, 4) is 0 Å². The Morgan fingerprint density at radius 1 is 1.58 bits per heavy atom. The van der Waals surface area contributed by atoms with E-state index in [9.17, 15) is 4.79 Å². The van der Waals surface area contributed by atoms with E-state index >= 15 is 0 Å². The van der Waals surface area contributed by atoms with E-state index in [1.807, 2.05) is 20.2 Å². The number of hydrogen-bond donors (Lipinski definition) is 1. The van der Waals surface area contributed by atoms with E-state index in [1.165, 1.54) is 0 Å². The lowest BCUT2D eigenvalue weighted by molar-refractivity contribution is -0.121. The highest BCUT2D eigenvalue weighted by molar-refractivity contribution is 5.76. The van der Waals surface area contributed by atoms with Gasteiger partial charge in [0.2, 0.25) is 11.8 Å². The van der Waals surface area contributed by atoms with Crippen LogP contribution >= 0.6 is 0 Å². The number of rotatable bonds is 5. The molecule has 0 spiro atoms. The molecule has 1 amide bonds. The lowest BCUT2D eigenvalue weighted by atomic mass is 10.2. The fourth-order valence-corrected chi connectivity index (χ4v) is 1.72. The zero-order valence-electron chi connectivity index (χ0n) is 11.3. The number of nitrogens with one attached hydrogen (secondary N) is 1. The molecule has 0 aliphatic heterocycles. The van der Waals surface area contributed by atoms with Crippen molar-refractivity contribution in [3.63, 3.8) is 0 Å². The maximum Gasteiger partial charge on any atom is 0.248 e. The Balaban J connectivity index is 1.81. The van der Waals surface area contributed by atoms with E-state index in [2.05, 4.69) is 20.6 Å².